The van der Waals surface area contributed by atoms with E-state index in [1.54, 1.807) is 11.3 Å². The Morgan fingerprint density at radius 3 is 1.58 bits per heavy atom. The van der Waals surface area contributed by atoms with E-state index in [1.807, 2.05) is 60.7 Å². The van der Waals surface area contributed by atoms with Gasteiger partial charge >= 0.3 is 0 Å². The average molecular weight is 416 g/mol. The van der Waals surface area contributed by atoms with E-state index in [9.17, 15) is 0 Å². The molecule has 3 nitrogen and oxygen atoms in total. The van der Waals surface area contributed by atoms with Crippen LogP contribution < -0.4 is 0 Å². The summed E-state index contributed by atoms with van der Waals surface area (Å²) in [6, 6.07) is 35.1. The molecule has 0 fully saturated rings. The molecule has 0 atom stereocenters. The molecule has 4 heteroatoms. The summed E-state index contributed by atoms with van der Waals surface area (Å²) in [4.78, 5) is 14.5. The second-order valence-corrected chi connectivity index (χ2v) is 8.43. The molecule has 2 heterocycles. The topological polar surface area (TPSA) is 38.7 Å². The maximum absolute atomic E-state index is 4.84. The van der Waals surface area contributed by atoms with Crippen molar-refractivity contribution in [3.05, 3.63) is 103 Å². The van der Waals surface area contributed by atoms with Gasteiger partial charge in [-0.15, -0.1) is 11.3 Å². The van der Waals surface area contributed by atoms with Gasteiger partial charge in [0.1, 0.15) is 0 Å². The monoisotopic (exact) mass is 415 g/mol. The standard InChI is InChI=1S/C27H17N3S/c1-3-9-18(10-4-1)25-28-26(19-11-5-2-6-12-19)30-27(29-25)20-15-16-22-21-13-7-8-14-23(21)31-24(22)17-20/h1-17H. The number of hydrogen-bond acceptors (Lipinski definition) is 4. The first kappa shape index (κ1) is 17.9. The molecule has 4 aromatic carbocycles. The fraction of sp³-hybridized carbons (Fsp3) is 0. The molecule has 0 spiro atoms. The highest BCUT2D eigenvalue weighted by atomic mass is 32.1. The number of benzene rings is 4. The summed E-state index contributed by atoms with van der Waals surface area (Å²) in [5.74, 6) is 2.05. The first-order chi connectivity index (χ1) is 15.3. The van der Waals surface area contributed by atoms with Gasteiger partial charge in [0.2, 0.25) is 0 Å². The molecule has 6 rings (SSSR count). The van der Waals surface area contributed by atoms with Crippen LogP contribution in [0.3, 0.4) is 0 Å². The fourth-order valence-electron chi connectivity index (χ4n) is 3.80. The molecule has 146 valence electrons. The Labute approximate surface area is 183 Å². The van der Waals surface area contributed by atoms with Crippen molar-refractivity contribution in [1.29, 1.82) is 0 Å². The molecule has 2 aromatic heterocycles. The lowest BCUT2D eigenvalue weighted by Crippen LogP contribution is -1.99. The van der Waals surface area contributed by atoms with Crippen LogP contribution in [-0.2, 0) is 0 Å². The number of aromatic nitrogens is 3. The van der Waals surface area contributed by atoms with Crippen molar-refractivity contribution in [2.45, 2.75) is 0 Å². The third-order valence-corrected chi connectivity index (χ3v) is 6.47. The highest BCUT2D eigenvalue weighted by Crippen LogP contribution is 2.36. The van der Waals surface area contributed by atoms with Crippen LogP contribution in [-0.4, -0.2) is 15.0 Å². The Hall–Kier alpha value is -3.89. The molecule has 0 saturated carbocycles. The molecule has 0 radical (unpaired) electrons. The van der Waals surface area contributed by atoms with E-state index in [-0.39, 0.29) is 0 Å². The minimum atomic E-state index is 0.681. The molecular weight excluding hydrogens is 398 g/mol. The van der Waals surface area contributed by atoms with Crippen molar-refractivity contribution >= 4 is 31.5 Å². The Morgan fingerprint density at radius 2 is 0.935 bits per heavy atom. The molecule has 0 aliphatic rings. The Kier molecular flexibility index (Phi) is 4.29. The third-order valence-electron chi connectivity index (χ3n) is 5.34. The smallest absolute Gasteiger partial charge is 0.164 e. The van der Waals surface area contributed by atoms with Crippen LogP contribution in [0, 0.1) is 0 Å². The van der Waals surface area contributed by atoms with Gasteiger partial charge in [0.05, 0.1) is 0 Å². The number of hydrogen-bond donors (Lipinski definition) is 0. The molecule has 0 aliphatic carbocycles. The van der Waals surface area contributed by atoms with E-state index in [0.29, 0.717) is 17.5 Å². The zero-order valence-corrected chi connectivity index (χ0v) is 17.4. The van der Waals surface area contributed by atoms with Gasteiger partial charge in [0.15, 0.2) is 17.5 Å². The zero-order chi connectivity index (χ0) is 20.6. The van der Waals surface area contributed by atoms with Crippen molar-refractivity contribution in [2.75, 3.05) is 0 Å². The highest BCUT2D eigenvalue weighted by Gasteiger charge is 2.13. The maximum Gasteiger partial charge on any atom is 0.164 e. The Balaban J connectivity index is 1.56. The first-order valence-corrected chi connectivity index (χ1v) is 11.0. The quantitative estimate of drug-likeness (QED) is 0.306. The van der Waals surface area contributed by atoms with Crippen molar-refractivity contribution in [3.63, 3.8) is 0 Å². The molecule has 0 amide bonds. The SMILES string of the molecule is c1ccc(-c2nc(-c3ccccc3)nc(-c3ccc4c(c3)sc3ccccc34)n2)cc1. The largest absolute Gasteiger partial charge is 0.208 e. The van der Waals surface area contributed by atoms with Gasteiger partial charge < -0.3 is 0 Å². The van der Waals surface area contributed by atoms with E-state index >= 15 is 0 Å². The highest BCUT2D eigenvalue weighted by molar-refractivity contribution is 7.25. The first-order valence-electron chi connectivity index (χ1n) is 10.1. The fourth-order valence-corrected chi connectivity index (χ4v) is 4.95. The lowest BCUT2D eigenvalue weighted by molar-refractivity contribution is 1.07. The van der Waals surface area contributed by atoms with Gasteiger partial charge in [-0.1, -0.05) is 91.0 Å². The second-order valence-electron chi connectivity index (χ2n) is 7.35. The van der Waals surface area contributed by atoms with Gasteiger partial charge in [-0.05, 0) is 12.1 Å². The molecule has 0 saturated heterocycles. The number of nitrogens with zero attached hydrogens (tertiary/aromatic N) is 3. The minimum Gasteiger partial charge on any atom is -0.208 e. The van der Waals surface area contributed by atoms with E-state index in [2.05, 4.69) is 42.5 Å². The predicted molar refractivity (Wildman–Crippen MR) is 129 cm³/mol. The molecule has 6 aromatic rings. The van der Waals surface area contributed by atoms with E-state index in [0.717, 1.165) is 16.7 Å². The molecule has 31 heavy (non-hydrogen) atoms. The van der Waals surface area contributed by atoms with E-state index in [1.165, 1.54) is 20.2 Å². The van der Waals surface area contributed by atoms with Gasteiger partial charge in [-0.2, -0.15) is 0 Å². The lowest BCUT2D eigenvalue weighted by Gasteiger charge is -2.08. The second kappa shape index (κ2) is 7.42. The van der Waals surface area contributed by atoms with E-state index < -0.39 is 0 Å². The van der Waals surface area contributed by atoms with Gasteiger partial charge in [0.25, 0.3) is 0 Å². The summed E-state index contributed by atoms with van der Waals surface area (Å²) >= 11 is 1.80. The van der Waals surface area contributed by atoms with Crippen LogP contribution in [0.4, 0.5) is 0 Å². The summed E-state index contributed by atoms with van der Waals surface area (Å²) in [5.41, 5.74) is 2.95. The van der Waals surface area contributed by atoms with Gasteiger partial charge in [-0.25, -0.2) is 15.0 Å². The molecule has 0 bridgehead atoms. The number of fused-ring (bicyclic) bond motifs is 3. The third kappa shape index (κ3) is 3.27. The lowest BCUT2D eigenvalue weighted by atomic mass is 10.1. The number of rotatable bonds is 3. The van der Waals surface area contributed by atoms with Crippen LogP contribution in [0.2, 0.25) is 0 Å². The van der Waals surface area contributed by atoms with Crippen LogP contribution >= 0.6 is 11.3 Å². The van der Waals surface area contributed by atoms with Crippen molar-refractivity contribution in [1.82, 2.24) is 15.0 Å². The number of thiophene rings is 1. The van der Waals surface area contributed by atoms with Crippen molar-refractivity contribution < 1.29 is 0 Å². The summed E-state index contributed by atoms with van der Waals surface area (Å²) in [6.45, 7) is 0. The van der Waals surface area contributed by atoms with Gasteiger partial charge in [-0.3, -0.25) is 0 Å². The zero-order valence-electron chi connectivity index (χ0n) is 16.6. The summed E-state index contributed by atoms with van der Waals surface area (Å²) in [5, 5.41) is 2.56. The normalized spacial score (nSPS) is 11.2. The van der Waals surface area contributed by atoms with Crippen molar-refractivity contribution in [2.24, 2.45) is 0 Å². The molecule has 0 unspecified atom stereocenters. The van der Waals surface area contributed by atoms with Crippen LogP contribution in [0.5, 0.6) is 0 Å². The van der Waals surface area contributed by atoms with Crippen LogP contribution in [0.15, 0.2) is 103 Å². The summed E-state index contributed by atoms with van der Waals surface area (Å²) in [6.07, 6.45) is 0. The van der Waals surface area contributed by atoms with Crippen LogP contribution in [0.1, 0.15) is 0 Å². The van der Waals surface area contributed by atoms with E-state index in [4.69, 9.17) is 15.0 Å². The Bertz CT molecular complexity index is 1460. The predicted octanol–water partition coefficient (Wildman–Crippen LogP) is 7.24. The molecular formula is C27H17N3S. The van der Waals surface area contributed by atoms with Gasteiger partial charge in [0, 0.05) is 36.9 Å². The Morgan fingerprint density at radius 1 is 0.419 bits per heavy atom. The van der Waals surface area contributed by atoms with Crippen LogP contribution in [0.25, 0.3) is 54.3 Å². The molecule has 0 aliphatic heterocycles. The summed E-state index contributed by atoms with van der Waals surface area (Å²) in [7, 11) is 0. The molecule has 0 N–H and O–H groups in total. The minimum absolute atomic E-state index is 0.681. The summed E-state index contributed by atoms with van der Waals surface area (Å²) < 4.78 is 2.53. The van der Waals surface area contributed by atoms with Crippen molar-refractivity contribution in [3.8, 4) is 34.2 Å². The maximum atomic E-state index is 4.84. The average Bonchev–Trinajstić information content (AvgIpc) is 3.23.